The molecule has 1 fully saturated rings. The zero-order chi connectivity index (χ0) is 12.3. The predicted molar refractivity (Wildman–Crippen MR) is 63.0 cm³/mol. The first-order chi connectivity index (χ1) is 8.19. The van der Waals surface area contributed by atoms with Crippen LogP contribution in [0.25, 0.3) is 0 Å². The van der Waals surface area contributed by atoms with Gasteiger partial charge in [0.15, 0.2) is 0 Å². The molecule has 0 saturated heterocycles. The quantitative estimate of drug-likeness (QED) is 0.771. The van der Waals surface area contributed by atoms with Crippen LogP contribution < -0.4 is 5.32 Å². The maximum Gasteiger partial charge on any atom is 0.216 e. The number of rotatable bonds is 4. The Labute approximate surface area is 101 Å². The lowest BCUT2D eigenvalue weighted by atomic mass is 9.81. The van der Waals surface area contributed by atoms with E-state index in [0.29, 0.717) is 24.9 Å². The second-order valence-electron chi connectivity index (χ2n) is 4.41. The molecular weight excluding hydrogens is 216 g/mol. The van der Waals surface area contributed by atoms with Gasteiger partial charge in [-0.25, -0.2) is 4.68 Å². The van der Waals surface area contributed by atoms with Crippen molar-refractivity contribution in [1.82, 2.24) is 20.3 Å². The van der Waals surface area contributed by atoms with Crippen LogP contribution in [0.1, 0.15) is 31.5 Å². The summed E-state index contributed by atoms with van der Waals surface area (Å²) >= 11 is 0. The van der Waals surface area contributed by atoms with Gasteiger partial charge >= 0.3 is 0 Å². The van der Waals surface area contributed by atoms with Crippen molar-refractivity contribution in [2.45, 2.75) is 32.2 Å². The van der Waals surface area contributed by atoms with Crippen molar-refractivity contribution >= 4 is 5.91 Å². The Balaban J connectivity index is 1.81. The number of aromatic nitrogens is 3. The van der Waals surface area contributed by atoms with E-state index in [0.717, 1.165) is 18.5 Å². The van der Waals surface area contributed by atoms with Crippen LogP contribution in [0, 0.1) is 18.3 Å². The zero-order valence-corrected chi connectivity index (χ0v) is 9.89. The molecule has 0 radical (unpaired) electrons. The molecule has 0 aliphatic heterocycles. The molecule has 1 aliphatic carbocycles. The molecule has 1 aromatic rings. The molecule has 2 rings (SSSR count). The number of hydrogen-bond donors (Lipinski definition) is 1. The molecule has 1 aliphatic rings. The zero-order valence-electron chi connectivity index (χ0n) is 9.89. The Morgan fingerprint density at radius 2 is 2.47 bits per heavy atom. The highest BCUT2D eigenvalue weighted by atomic mass is 16.1. The van der Waals surface area contributed by atoms with Crippen LogP contribution in [-0.4, -0.2) is 27.4 Å². The average Bonchev–Trinajstić information content (AvgIpc) is 2.64. The first kappa shape index (κ1) is 11.6. The van der Waals surface area contributed by atoms with Gasteiger partial charge in [0.2, 0.25) is 5.91 Å². The maximum atomic E-state index is 10.7. The second-order valence-corrected chi connectivity index (χ2v) is 4.41. The first-order valence-corrected chi connectivity index (χ1v) is 5.80. The summed E-state index contributed by atoms with van der Waals surface area (Å²) in [6.07, 6.45) is 9.98. The van der Waals surface area contributed by atoms with E-state index >= 15 is 0 Å². The van der Waals surface area contributed by atoms with Gasteiger partial charge in [-0.1, -0.05) is 5.21 Å². The van der Waals surface area contributed by atoms with Crippen molar-refractivity contribution in [2.75, 3.05) is 6.54 Å². The highest BCUT2D eigenvalue weighted by molar-refractivity contribution is 5.72. The van der Waals surface area contributed by atoms with Crippen molar-refractivity contribution in [3.63, 3.8) is 0 Å². The molecule has 0 atom stereocenters. The smallest absolute Gasteiger partial charge is 0.216 e. The number of nitrogens with zero attached hydrogens (tertiary/aromatic N) is 3. The number of terminal acetylenes is 1. The van der Waals surface area contributed by atoms with Crippen molar-refractivity contribution < 1.29 is 4.79 Å². The Morgan fingerprint density at radius 1 is 1.71 bits per heavy atom. The molecule has 1 heterocycles. The minimum Gasteiger partial charge on any atom is -0.356 e. The van der Waals surface area contributed by atoms with E-state index in [9.17, 15) is 4.79 Å². The first-order valence-electron chi connectivity index (χ1n) is 5.80. The van der Waals surface area contributed by atoms with Gasteiger partial charge in [-0.15, -0.1) is 17.4 Å². The molecule has 0 spiro atoms. The minimum atomic E-state index is -0.0201. The summed E-state index contributed by atoms with van der Waals surface area (Å²) in [5.74, 6) is 3.12. The molecule has 90 valence electrons. The van der Waals surface area contributed by atoms with Crippen molar-refractivity contribution in [2.24, 2.45) is 5.92 Å². The Hall–Kier alpha value is -1.83. The highest BCUT2D eigenvalue weighted by Gasteiger charge is 2.29. The molecule has 1 N–H and O–H groups in total. The summed E-state index contributed by atoms with van der Waals surface area (Å²) in [6, 6.07) is 0.401. The molecule has 17 heavy (non-hydrogen) atoms. The van der Waals surface area contributed by atoms with Gasteiger partial charge in [-0.2, -0.15) is 0 Å². The molecule has 5 heteroatoms. The lowest BCUT2D eigenvalue weighted by Crippen LogP contribution is -2.26. The van der Waals surface area contributed by atoms with E-state index < -0.39 is 0 Å². The number of carbonyl (C=O) groups is 1. The van der Waals surface area contributed by atoms with E-state index in [-0.39, 0.29) is 5.91 Å². The van der Waals surface area contributed by atoms with Crippen LogP contribution in [0.4, 0.5) is 0 Å². The molecule has 1 aromatic heterocycles. The topological polar surface area (TPSA) is 59.8 Å². The Morgan fingerprint density at radius 3 is 3.12 bits per heavy atom. The monoisotopic (exact) mass is 232 g/mol. The van der Waals surface area contributed by atoms with Gasteiger partial charge in [0.1, 0.15) is 0 Å². The van der Waals surface area contributed by atoms with E-state index in [4.69, 9.17) is 6.42 Å². The van der Waals surface area contributed by atoms with Crippen LogP contribution in [-0.2, 0) is 11.2 Å². The standard InChI is InChI=1S/C12H16N4O/c1-3-10-6-12(7-10)16-8-11(14-15-16)4-5-13-9(2)17/h1,8,10,12H,4-7H2,2H3,(H,13,17). The van der Waals surface area contributed by atoms with Crippen molar-refractivity contribution in [1.29, 1.82) is 0 Å². The summed E-state index contributed by atoms with van der Waals surface area (Å²) in [6.45, 7) is 2.11. The summed E-state index contributed by atoms with van der Waals surface area (Å²) in [5.41, 5.74) is 0.905. The van der Waals surface area contributed by atoms with Gasteiger partial charge in [-0.05, 0) is 12.8 Å². The van der Waals surface area contributed by atoms with Crippen LogP contribution >= 0.6 is 0 Å². The molecule has 0 aromatic carbocycles. The third kappa shape index (κ3) is 2.84. The molecule has 1 saturated carbocycles. The minimum absolute atomic E-state index is 0.0201. The van der Waals surface area contributed by atoms with E-state index in [1.165, 1.54) is 6.92 Å². The normalized spacial score (nSPS) is 22.6. The lowest BCUT2D eigenvalue weighted by molar-refractivity contribution is -0.118. The molecule has 5 nitrogen and oxygen atoms in total. The maximum absolute atomic E-state index is 10.7. The number of hydrogen-bond acceptors (Lipinski definition) is 3. The lowest BCUT2D eigenvalue weighted by Gasteiger charge is -2.31. The summed E-state index contributed by atoms with van der Waals surface area (Å²) in [5, 5.41) is 10.9. The Bertz CT molecular complexity index is 440. The van der Waals surface area contributed by atoms with Crippen LogP contribution in [0.2, 0.25) is 0 Å². The predicted octanol–water partition coefficient (Wildman–Crippen LogP) is 0.541. The van der Waals surface area contributed by atoms with Gasteiger partial charge in [0, 0.05) is 32.0 Å². The number of nitrogens with one attached hydrogen (secondary N) is 1. The third-order valence-electron chi connectivity index (χ3n) is 3.04. The molecule has 1 amide bonds. The number of amides is 1. The molecular formula is C12H16N4O. The highest BCUT2D eigenvalue weighted by Crippen LogP contribution is 2.36. The fourth-order valence-corrected chi connectivity index (χ4v) is 1.91. The average molecular weight is 232 g/mol. The fourth-order valence-electron chi connectivity index (χ4n) is 1.91. The van der Waals surface area contributed by atoms with Gasteiger partial charge < -0.3 is 5.32 Å². The molecule has 0 unspecified atom stereocenters. The van der Waals surface area contributed by atoms with Gasteiger partial charge in [0.05, 0.1) is 11.7 Å². The summed E-state index contributed by atoms with van der Waals surface area (Å²) < 4.78 is 1.89. The van der Waals surface area contributed by atoms with Crippen LogP contribution in [0.3, 0.4) is 0 Å². The van der Waals surface area contributed by atoms with E-state index in [2.05, 4.69) is 21.5 Å². The van der Waals surface area contributed by atoms with E-state index in [1.807, 2.05) is 10.9 Å². The molecule has 0 bridgehead atoms. The largest absolute Gasteiger partial charge is 0.356 e. The third-order valence-corrected chi connectivity index (χ3v) is 3.04. The second kappa shape index (κ2) is 5.00. The fraction of sp³-hybridized carbons (Fsp3) is 0.583. The van der Waals surface area contributed by atoms with Gasteiger partial charge in [0.25, 0.3) is 0 Å². The van der Waals surface area contributed by atoms with Crippen LogP contribution in [0.15, 0.2) is 6.20 Å². The van der Waals surface area contributed by atoms with Crippen LogP contribution in [0.5, 0.6) is 0 Å². The van der Waals surface area contributed by atoms with Crippen molar-refractivity contribution in [3.05, 3.63) is 11.9 Å². The number of carbonyl (C=O) groups excluding carboxylic acids is 1. The summed E-state index contributed by atoms with van der Waals surface area (Å²) in [7, 11) is 0. The van der Waals surface area contributed by atoms with Crippen molar-refractivity contribution in [3.8, 4) is 12.3 Å². The van der Waals surface area contributed by atoms with E-state index in [1.54, 1.807) is 0 Å². The SMILES string of the molecule is C#CC1CC(n2cc(CCNC(C)=O)nn2)C1. The summed E-state index contributed by atoms with van der Waals surface area (Å²) in [4.78, 5) is 10.7. The van der Waals surface area contributed by atoms with Gasteiger partial charge in [-0.3, -0.25) is 4.79 Å². The Kier molecular flexibility index (Phi) is 3.43.